The molecule has 0 radical (unpaired) electrons. The highest BCUT2D eigenvalue weighted by Crippen LogP contribution is 2.34. The number of ketones is 1. The molecular weight excluding hydrogens is 533 g/mol. The third kappa shape index (κ3) is 6.97. The van der Waals surface area contributed by atoms with Crippen LogP contribution < -0.4 is 9.47 Å². The third-order valence-electron chi connectivity index (χ3n) is 6.73. The van der Waals surface area contributed by atoms with Crippen LogP contribution >= 0.6 is 11.6 Å². The zero-order valence-corrected chi connectivity index (χ0v) is 23.3. The van der Waals surface area contributed by atoms with E-state index in [2.05, 4.69) is 4.98 Å². The third-order valence-corrected chi connectivity index (χ3v) is 7.09. The Hall–Kier alpha value is -3.52. The lowest BCUT2D eigenvalue weighted by atomic mass is 10.0. The van der Waals surface area contributed by atoms with Gasteiger partial charge in [-0.15, -0.1) is 0 Å². The van der Waals surface area contributed by atoms with E-state index in [0.717, 1.165) is 34.2 Å². The van der Waals surface area contributed by atoms with Crippen molar-refractivity contribution < 1.29 is 28.1 Å². The van der Waals surface area contributed by atoms with E-state index in [0.29, 0.717) is 54.1 Å². The molecule has 0 unspecified atom stereocenters. The monoisotopic (exact) mass is 563 g/mol. The van der Waals surface area contributed by atoms with Crippen LogP contribution in [0.5, 0.6) is 17.2 Å². The number of aromatic nitrogens is 1. The maximum absolute atomic E-state index is 14.1. The first-order valence-electron chi connectivity index (χ1n) is 13.3. The van der Waals surface area contributed by atoms with Crippen LogP contribution in [0.4, 0.5) is 4.39 Å². The average molecular weight is 564 g/mol. The van der Waals surface area contributed by atoms with Crippen molar-refractivity contribution in [2.24, 2.45) is 0 Å². The maximum atomic E-state index is 14.1. The summed E-state index contributed by atoms with van der Waals surface area (Å²) in [7, 11) is 0. The van der Waals surface area contributed by atoms with E-state index < -0.39 is 0 Å². The van der Waals surface area contributed by atoms with Gasteiger partial charge in [0.1, 0.15) is 35.0 Å². The molecule has 0 bridgehead atoms. The highest BCUT2D eigenvalue weighted by Gasteiger charge is 2.18. The summed E-state index contributed by atoms with van der Waals surface area (Å²) in [6.45, 7) is 6.38. The number of benzene rings is 3. The molecule has 0 aliphatic carbocycles. The predicted octanol–water partition coefficient (Wildman–Crippen LogP) is 6.98. The normalized spacial score (nSPS) is 13.3. The van der Waals surface area contributed by atoms with E-state index >= 15 is 0 Å². The van der Waals surface area contributed by atoms with Crippen molar-refractivity contribution in [2.75, 3.05) is 26.4 Å². The number of rotatable bonds is 12. The van der Waals surface area contributed by atoms with Gasteiger partial charge >= 0.3 is 0 Å². The van der Waals surface area contributed by atoms with Crippen molar-refractivity contribution in [1.82, 2.24) is 4.98 Å². The minimum atomic E-state index is -0.378. The summed E-state index contributed by atoms with van der Waals surface area (Å²) in [4.78, 5) is 17.1. The number of aryl methyl sites for hydroxylation is 2. The van der Waals surface area contributed by atoms with Crippen LogP contribution in [0.2, 0.25) is 5.02 Å². The number of fused-ring (bicyclic) bond motifs is 1. The molecule has 1 saturated heterocycles. The van der Waals surface area contributed by atoms with E-state index in [1.807, 2.05) is 26.0 Å². The van der Waals surface area contributed by atoms with Gasteiger partial charge in [0, 0.05) is 41.9 Å². The van der Waals surface area contributed by atoms with Crippen LogP contribution in [-0.4, -0.2) is 43.3 Å². The van der Waals surface area contributed by atoms with Gasteiger partial charge in [-0.1, -0.05) is 35.4 Å². The highest BCUT2D eigenvalue weighted by molar-refractivity contribution is 6.31. The number of nitrogens with zero attached hydrogens (tertiary/aromatic N) is 1. The lowest BCUT2D eigenvalue weighted by Crippen LogP contribution is -2.36. The second-order valence-corrected chi connectivity index (χ2v) is 10.4. The fraction of sp³-hybridized carbons (Fsp3) is 0.312. The van der Waals surface area contributed by atoms with E-state index in [4.69, 9.17) is 30.5 Å². The molecular formula is C32H31ClFNO5. The molecule has 8 heteroatoms. The molecule has 5 rings (SSSR count). The van der Waals surface area contributed by atoms with E-state index in [1.165, 1.54) is 6.07 Å². The van der Waals surface area contributed by atoms with Crippen LogP contribution in [-0.2, 0) is 27.1 Å². The molecule has 0 N–H and O–H groups in total. The highest BCUT2D eigenvalue weighted by atomic mass is 35.5. The molecule has 0 saturated carbocycles. The maximum Gasteiger partial charge on any atom is 0.141 e. The summed E-state index contributed by atoms with van der Waals surface area (Å²) in [5.41, 5.74) is 3.68. The number of halogens is 2. The van der Waals surface area contributed by atoms with Gasteiger partial charge in [-0.3, -0.25) is 9.78 Å². The topological polar surface area (TPSA) is 66.9 Å². The minimum Gasteiger partial charge on any atom is -0.493 e. The molecule has 0 amide bonds. The first-order valence-corrected chi connectivity index (χ1v) is 13.7. The zero-order chi connectivity index (χ0) is 28.1. The van der Waals surface area contributed by atoms with Crippen LogP contribution in [0.25, 0.3) is 10.9 Å². The molecule has 0 spiro atoms. The molecule has 1 aromatic heterocycles. The number of hydrogen-bond acceptors (Lipinski definition) is 6. The molecule has 1 aliphatic heterocycles. The van der Waals surface area contributed by atoms with Crippen molar-refractivity contribution in [3.8, 4) is 17.2 Å². The second kappa shape index (κ2) is 12.8. The lowest BCUT2D eigenvalue weighted by Gasteiger charge is -2.25. The Morgan fingerprint density at radius 1 is 1.00 bits per heavy atom. The zero-order valence-electron chi connectivity index (χ0n) is 22.5. The predicted molar refractivity (Wildman–Crippen MR) is 152 cm³/mol. The van der Waals surface area contributed by atoms with Crippen LogP contribution in [0.3, 0.4) is 0 Å². The molecule has 6 nitrogen and oxygen atoms in total. The second-order valence-electron chi connectivity index (χ2n) is 10.0. The number of pyridine rings is 1. The Labute approximate surface area is 238 Å². The van der Waals surface area contributed by atoms with Crippen molar-refractivity contribution >= 4 is 28.3 Å². The Balaban J connectivity index is 1.22. The number of ether oxygens (including phenoxy) is 4. The van der Waals surface area contributed by atoms with Gasteiger partial charge in [-0.05, 0) is 60.9 Å². The summed E-state index contributed by atoms with van der Waals surface area (Å²) in [5, 5.41) is 1.26. The molecule has 40 heavy (non-hydrogen) atoms. The SMILES string of the molecule is Cc1ccc(F)c(CC(=O)Cc2ccc(Oc3ccnc4cc(OCCCOC5COC5)c(C)cc34)cc2Cl)c1. The number of carbonyl (C=O) groups excluding carboxylic acids is 1. The van der Waals surface area contributed by atoms with E-state index in [9.17, 15) is 9.18 Å². The van der Waals surface area contributed by atoms with Crippen molar-refractivity contribution in [3.63, 3.8) is 0 Å². The Bertz CT molecular complexity index is 1520. The fourth-order valence-corrected chi connectivity index (χ4v) is 4.73. The van der Waals surface area contributed by atoms with Crippen LogP contribution in [0.1, 0.15) is 28.7 Å². The first kappa shape index (κ1) is 28.0. The van der Waals surface area contributed by atoms with E-state index in [1.54, 1.807) is 42.6 Å². The average Bonchev–Trinajstić information content (AvgIpc) is 2.89. The molecule has 3 aromatic carbocycles. The molecule has 1 fully saturated rings. The minimum absolute atomic E-state index is 0.0137. The van der Waals surface area contributed by atoms with Gasteiger partial charge < -0.3 is 18.9 Å². The molecule has 1 aliphatic rings. The van der Waals surface area contributed by atoms with Gasteiger partial charge in [0.25, 0.3) is 0 Å². The quantitative estimate of drug-likeness (QED) is 0.173. The van der Waals surface area contributed by atoms with Crippen molar-refractivity contribution in [2.45, 2.75) is 39.2 Å². The summed E-state index contributed by atoms with van der Waals surface area (Å²) in [6.07, 6.45) is 2.81. The summed E-state index contributed by atoms with van der Waals surface area (Å²) in [6, 6.07) is 15.7. The Morgan fingerprint density at radius 2 is 1.82 bits per heavy atom. The van der Waals surface area contributed by atoms with Gasteiger partial charge in [0.05, 0.1) is 31.9 Å². The summed E-state index contributed by atoms with van der Waals surface area (Å²) >= 11 is 6.51. The van der Waals surface area contributed by atoms with Gasteiger partial charge in [0.2, 0.25) is 0 Å². The molecule has 4 aromatic rings. The number of Topliss-reactive ketones (excluding diaryl/α,β-unsaturated/α-hetero) is 1. The van der Waals surface area contributed by atoms with Crippen molar-refractivity contribution in [3.05, 3.63) is 93.9 Å². The Morgan fingerprint density at radius 3 is 2.60 bits per heavy atom. The molecule has 208 valence electrons. The van der Waals surface area contributed by atoms with Gasteiger partial charge in [0.15, 0.2) is 0 Å². The summed E-state index contributed by atoms with van der Waals surface area (Å²) in [5.74, 6) is 1.44. The van der Waals surface area contributed by atoms with Gasteiger partial charge in [-0.25, -0.2) is 4.39 Å². The van der Waals surface area contributed by atoms with Crippen LogP contribution in [0, 0.1) is 19.7 Å². The lowest BCUT2D eigenvalue weighted by molar-refractivity contribution is -0.130. The van der Waals surface area contributed by atoms with Gasteiger partial charge in [-0.2, -0.15) is 0 Å². The number of carbonyl (C=O) groups is 1. The Kier molecular flexibility index (Phi) is 8.94. The first-order chi connectivity index (χ1) is 19.4. The van der Waals surface area contributed by atoms with Crippen molar-refractivity contribution in [1.29, 1.82) is 0 Å². The van der Waals surface area contributed by atoms with E-state index in [-0.39, 0.29) is 30.5 Å². The molecule has 2 heterocycles. The fourth-order valence-electron chi connectivity index (χ4n) is 4.49. The van der Waals surface area contributed by atoms with Crippen LogP contribution in [0.15, 0.2) is 60.8 Å². The number of hydrogen-bond donors (Lipinski definition) is 0. The standard InChI is InChI=1S/C32H31ClFNO5/c1-20-4-7-29(34)23(12-20)15-24(36)14-22-5-6-25(16-28(22)33)40-31-8-9-35-30-17-32(21(2)13-27(30)31)39-11-3-10-38-26-18-37-19-26/h4-9,12-13,16-17,26H,3,10-11,14-15,18-19H2,1-2H3. The largest absolute Gasteiger partial charge is 0.493 e. The smallest absolute Gasteiger partial charge is 0.141 e. The molecule has 0 atom stereocenters. The summed E-state index contributed by atoms with van der Waals surface area (Å²) < 4.78 is 37.0.